The second kappa shape index (κ2) is 6.50. The van der Waals surface area contributed by atoms with E-state index in [1.165, 1.54) is 5.56 Å². The predicted octanol–water partition coefficient (Wildman–Crippen LogP) is 2.59. The van der Waals surface area contributed by atoms with Gasteiger partial charge in [0.1, 0.15) is 16.8 Å². The van der Waals surface area contributed by atoms with Crippen LogP contribution in [-0.4, -0.2) is 21.6 Å². The topological polar surface area (TPSA) is 58.0 Å². The van der Waals surface area contributed by atoms with Crippen molar-refractivity contribution < 1.29 is 5.11 Å². The van der Waals surface area contributed by atoms with Crippen LogP contribution in [0.3, 0.4) is 0 Å². The highest BCUT2D eigenvalue weighted by molar-refractivity contribution is 6.29. The van der Waals surface area contributed by atoms with E-state index < -0.39 is 0 Å². The second-order valence-electron chi connectivity index (χ2n) is 4.27. The molecule has 2 aromatic rings. The van der Waals surface area contributed by atoms with Crippen LogP contribution in [0.15, 0.2) is 30.3 Å². The van der Waals surface area contributed by atoms with E-state index in [0.29, 0.717) is 11.0 Å². The smallest absolute Gasteiger partial charge is 0.134 e. The molecule has 0 aliphatic carbocycles. The molecule has 2 N–H and O–H groups in total. The number of aromatic nitrogens is 2. The van der Waals surface area contributed by atoms with Crippen LogP contribution in [0.25, 0.3) is 0 Å². The van der Waals surface area contributed by atoms with Gasteiger partial charge >= 0.3 is 0 Å². The number of aliphatic hydroxyl groups is 1. The van der Waals surface area contributed by atoms with Gasteiger partial charge in [-0.2, -0.15) is 0 Å². The molecule has 0 amide bonds. The van der Waals surface area contributed by atoms with Crippen molar-refractivity contribution in [2.75, 3.05) is 11.9 Å². The molecule has 0 aliphatic heterocycles. The number of nitrogens with zero attached hydrogens (tertiary/aromatic N) is 2. The van der Waals surface area contributed by atoms with Gasteiger partial charge in [0.05, 0.1) is 6.61 Å². The number of hydrogen-bond acceptors (Lipinski definition) is 4. The van der Waals surface area contributed by atoms with Gasteiger partial charge in [0.25, 0.3) is 0 Å². The van der Waals surface area contributed by atoms with Crippen molar-refractivity contribution in [2.45, 2.75) is 20.0 Å². The van der Waals surface area contributed by atoms with Crippen molar-refractivity contribution in [3.63, 3.8) is 0 Å². The molecule has 0 aliphatic rings. The number of aryl methyl sites for hydroxylation is 1. The van der Waals surface area contributed by atoms with E-state index in [1.54, 1.807) is 6.07 Å². The fourth-order valence-corrected chi connectivity index (χ4v) is 1.99. The zero-order valence-electron chi connectivity index (χ0n) is 10.7. The van der Waals surface area contributed by atoms with E-state index in [-0.39, 0.29) is 6.61 Å². The average Bonchev–Trinajstić information content (AvgIpc) is 2.38. The number of benzene rings is 1. The van der Waals surface area contributed by atoms with E-state index in [1.807, 2.05) is 31.2 Å². The van der Waals surface area contributed by atoms with Gasteiger partial charge in [-0.1, -0.05) is 35.9 Å². The summed E-state index contributed by atoms with van der Waals surface area (Å²) in [5.41, 5.74) is 2.14. The first-order chi connectivity index (χ1) is 9.17. The third-order valence-corrected chi connectivity index (χ3v) is 2.93. The van der Waals surface area contributed by atoms with Gasteiger partial charge in [-0.15, -0.1) is 0 Å². The second-order valence-corrected chi connectivity index (χ2v) is 4.66. The Morgan fingerprint density at radius 3 is 2.47 bits per heavy atom. The number of hydrogen-bond donors (Lipinski definition) is 2. The molecule has 19 heavy (non-hydrogen) atoms. The van der Waals surface area contributed by atoms with Crippen molar-refractivity contribution in [1.82, 2.24) is 9.97 Å². The fraction of sp³-hybridized carbons (Fsp3) is 0.286. The summed E-state index contributed by atoms with van der Waals surface area (Å²) in [6, 6.07) is 9.61. The van der Waals surface area contributed by atoms with Crippen LogP contribution in [0.1, 0.15) is 17.0 Å². The molecule has 0 spiro atoms. The Balaban J connectivity index is 1.88. The predicted molar refractivity (Wildman–Crippen MR) is 76.3 cm³/mol. The van der Waals surface area contributed by atoms with Crippen molar-refractivity contribution in [1.29, 1.82) is 0 Å². The van der Waals surface area contributed by atoms with Crippen molar-refractivity contribution >= 4 is 17.4 Å². The van der Waals surface area contributed by atoms with Crippen LogP contribution in [-0.2, 0) is 13.0 Å². The van der Waals surface area contributed by atoms with Gasteiger partial charge in [-0.3, -0.25) is 0 Å². The number of aliphatic hydroxyl groups excluding tert-OH is 1. The number of halogens is 1. The molecule has 0 saturated carbocycles. The molecule has 0 atom stereocenters. The molecule has 0 bridgehead atoms. The third-order valence-electron chi connectivity index (χ3n) is 2.73. The molecular weight excluding hydrogens is 262 g/mol. The fourth-order valence-electron chi connectivity index (χ4n) is 1.77. The molecule has 2 rings (SSSR count). The Morgan fingerprint density at radius 2 is 1.84 bits per heavy atom. The molecule has 100 valence electrons. The van der Waals surface area contributed by atoms with E-state index in [4.69, 9.17) is 16.7 Å². The van der Waals surface area contributed by atoms with Crippen LogP contribution in [0.5, 0.6) is 0 Å². The van der Waals surface area contributed by atoms with Gasteiger partial charge in [0, 0.05) is 12.6 Å². The third kappa shape index (κ3) is 4.19. The SMILES string of the molecule is Cc1nc(Cl)cc(NCCc2ccc(CO)cc2)n1. The molecule has 5 heteroatoms. The molecule has 0 fully saturated rings. The highest BCUT2D eigenvalue weighted by atomic mass is 35.5. The first-order valence-corrected chi connectivity index (χ1v) is 6.49. The Morgan fingerprint density at radius 1 is 1.16 bits per heavy atom. The number of nitrogens with one attached hydrogen (secondary N) is 1. The minimum Gasteiger partial charge on any atom is -0.392 e. The molecule has 0 saturated heterocycles. The molecule has 0 radical (unpaired) electrons. The Hall–Kier alpha value is -1.65. The molecule has 1 aromatic heterocycles. The largest absolute Gasteiger partial charge is 0.392 e. The Kier molecular flexibility index (Phi) is 4.71. The Labute approximate surface area is 117 Å². The van der Waals surface area contributed by atoms with Gasteiger partial charge < -0.3 is 10.4 Å². The molecule has 1 aromatic carbocycles. The van der Waals surface area contributed by atoms with Crippen LogP contribution in [0, 0.1) is 6.92 Å². The summed E-state index contributed by atoms with van der Waals surface area (Å²) in [7, 11) is 0. The Bertz CT molecular complexity index is 523. The van der Waals surface area contributed by atoms with Crippen molar-refractivity contribution in [3.05, 3.63) is 52.4 Å². The average molecular weight is 278 g/mol. The molecule has 4 nitrogen and oxygen atoms in total. The first kappa shape index (κ1) is 13.8. The maximum absolute atomic E-state index is 8.97. The zero-order chi connectivity index (χ0) is 13.7. The lowest BCUT2D eigenvalue weighted by Gasteiger charge is -2.07. The summed E-state index contributed by atoms with van der Waals surface area (Å²) in [4.78, 5) is 8.26. The normalized spacial score (nSPS) is 10.5. The van der Waals surface area contributed by atoms with Crippen LogP contribution >= 0.6 is 11.6 Å². The minimum atomic E-state index is 0.0806. The van der Waals surface area contributed by atoms with Crippen LogP contribution in [0.2, 0.25) is 5.15 Å². The lowest BCUT2D eigenvalue weighted by Crippen LogP contribution is -2.07. The van der Waals surface area contributed by atoms with Crippen molar-refractivity contribution in [2.24, 2.45) is 0 Å². The van der Waals surface area contributed by atoms with E-state index in [2.05, 4.69) is 15.3 Å². The number of anilines is 1. The van der Waals surface area contributed by atoms with Crippen LogP contribution < -0.4 is 5.32 Å². The lowest BCUT2D eigenvalue weighted by molar-refractivity contribution is 0.282. The highest BCUT2D eigenvalue weighted by Gasteiger charge is 2.00. The quantitative estimate of drug-likeness (QED) is 0.825. The van der Waals surface area contributed by atoms with Gasteiger partial charge in [0.2, 0.25) is 0 Å². The van der Waals surface area contributed by atoms with E-state index in [0.717, 1.165) is 24.3 Å². The van der Waals surface area contributed by atoms with Crippen molar-refractivity contribution in [3.8, 4) is 0 Å². The van der Waals surface area contributed by atoms with Gasteiger partial charge in [-0.25, -0.2) is 9.97 Å². The zero-order valence-corrected chi connectivity index (χ0v) is 11.5. The highest BCUT2D eigenvalue weighted by Crippen LogP contribution is 2.11. The summed E-state index contributed by atoms with van der Waals surface area (Å²) < 4.78 is 0. The monoisotopic (exact) mass is 277 g/mol. The van der Waals surface area contributed by atoms with E-state index in [9.17, 15) is 0 Å². The minimum absolute atomic E-state index is 0.0806. The molecule has 0 unspecified atom stereocenters. The summed E-state index contributed by atoms with van der Waals surface area (Å²) >= 11 is 5.86. The summed E-state index contributed by atoms with van der Waals surface area (Å²) in [6.07, 6.45) is 0.881. The first-order valence-electron chi connectivity index (χ1n) is 6.11. The summed E-state index contributed by atoms with van der Waals surface area (Å²) in [5.74, 6) is 1.40. The number of rotatable bonds is 5. The summed E-state index contributed by atoms with van der Waals surface area (Å²) in [6.45, 7) is 2.66. The maximum Gasteiger partial charge on any atom is 0.134 e. The molecular formula is C14H16ClN3O. The maximum atomic E-state index is 8.97. The van der Waals surface area contributed by atoms with Crippen LogP contribution in [0.4, 0.5) is 5.82 Å². The lowest BCUT2D eigenvalue weighted by atomic mass is 10.1. The van der Waals surface area contributed by atoms with E-state index >= 15 is 0 Å². The van der Waals surface area contributed by atoms with Gasteiger partial charge in [0.15, 0.2) is 0 Å². The standard InChI is InChI=1S/C14H16ClN3O/c1-10-17-13(15)8-14(18-10)16-7-6-11-2-4-12(9-19)5-3-11/h2-5,8,19H,6-7,9H2,1H3,(H,16,17,18). The molecule has 1 heterocycles. The van der Waals surface area contributed by atoms with Gasteiger partial charge in [-0.05, 0) is 24.5 Å². The summed E-state index contributed by atoms with van der Waals surface area (Å²) in [5, 5.41) is 12.6.